The van der Waals surface area contributed by atoms with Gasteiger partial charge in [-0.3, -0.25) is 4.21 Å². The van der Waals surface area contributed by atoms with E-state index in [1.165, 1.54) is 0 Å². The van der Waals surface area contributed by atoms with Gasteiger partial charge in [-0.05, 0) is 29.6 Å². The van der Waals surface area contributed by atoms with Crippen molar-refractivity contribution in [1.82, 2.24) is 0 Å². The Morgan fingerprint density at radius 3 is 2.73 bits per heavy atom. The second-order valence-electron chi connectivity index (χ2n) is 3.11. The van der Waals surface area contributed by atoms with E-state index in [0.29, 0.717) is 0 Å². The summed E-state index contributed by atoms with van der Waals surface area (Å²) in [5.74, 6) is 0. The van der Waals surface area contributed by atoms with E-state index in [2.05, 4.69) is 12.6 Å². The molecule has 1 nitrogen and oxygen atoms in total. The number of thiophene rings is 1. The van der Waals surface area contributed by atoms with Crippen molar-refractivity contribution in [1.29, 1.82) is 0 Å². The van der Waals surface area contributed by atoms with Crippen LogP contribution in [0.5, 0.6) is 0 Å². The van der Waals surface area contributed by atoms with Gasteiger partial charge in [0.15, 0.2) is 0 Å². The Labute approximate surface area is 101 Å². The highest BCUT2D eigenvalue weighted by molar-refractivity contribution is 7.84. The van der Waals surface area contributed by atoms with Crippen LogP contribution in [0.3, 0.4) is 0 Å². The molecule has 0 bridgehead atoms. The van der Waals surface area contributed by atoms with E-state index in [4.69, 9.17) is 0 Å². The summed E-state index contributed by atoms with van der Waals surface area (Å²) in [4.78, 5) is 2.93. The number of hydrogen-bond donors (Lipinski definition) is 1. The molecule has 1 unspecified atom stereocenters. The summed E-state index contributed by atoms with van der Waals surface area (Å²) in [5, 5.41) is 2.03. The maximum absolute atomic E-state index is 11.4. The third-order valence-electron chi connectivity index (χ3n) is 2.09. The fourth-order valence-electron chi connectivity index (χ4n) is 1.32. The maximum Gasteiger partial charge on any atom is 0.0498 e. The summed E-state index contributed by atoms with van der Waals surface area (Å²) in [6.45, 7) is 0. The molecular formula is C11H10OS3. The Kier molecular flexibility index (Phi) is 3.29. The average Bonchev–Trinajstić information content (AvgIpc) is 2.71. The molecule has 2 aromatic rings. The fourth-order valence-corrected chi connectivity index (χ4v) is 2.96. The zero-order valence-electron chi connectivity index (χ0n) is 8.14. The first-order valence-corrected chi connectivity index (χ1v) is 7.27. The molecule has 15 heavy (non-hydrogen) atoms. The van der Waals surface area contributed by atoms with Crippen LogP contribution >= 0.6 is 24.0 Å². The lowest BCUT2D eigenvalue weighted by Crippen LogP contribution is -1.88. The zero-order valence-corrected chi connectivity index (χ0v) is 10.7. The van der Waals surface area contributed by atoms with Gasteiger partial charge in [-0.15, -0.1) is 24.0 Å². The van der Waals surface area contributed by atoms with E-state index in [9.17, 15) is 4.21 Å². The molecule has 1 aromatic heterocycles. The first-order chi connectivity index (χ1) is 7.18. The van der Waals surface area contributed by atoms with Crippen LogP contribution in [0, 0.1) is 0 Å². The highest BCUT2D eigenvalue weighted by Crippen LogP contribution is 2.31. The molecule has 0 amide bonds. The molecule has 0 saturated heterocycles. The lowest BCUT2D eigenvalue weighted by molar-refractivity contribution is 0.687. The van der Waals surface area contributed by atoms with Crippen LogP contribution in [0.4, 0.5) is 0 Å². The van der Waals surface area contributed by atoms with Crippen molar-refractivity contribution in [3.05, 3.63) is 35.7 Å². The van der Waals surface area contributed by atoms with Crippen LogP contribution in [-0.2, 0) is 10.8 Å². The van der Waals surface area contributed by atoms with Crippen molar-refractivity contribution in [2.75, 3.05) is 6.26 Å². The first-order valence-electron chi connectivity index (χ1n) is 4.39. The van der Waals surface area contributed by atoms with Gasteiger partial charge in [-0.2, -0.15) is 0 Å². The minimum Gasteiger partial charge on any atom is -0.255 e. The lowest BCUT2D eigenvalue weighted by atomic mass is 10.2. The molecule has 0 radical (unpaired) electrons. The number of rotatable bonds is 2. The van der Waals surface area contributed by atoms with Gasteiger partial charge in [0.2, 0.25) is 0 Å². The topological polar surface area (TPSA) is 17.1 Å². The summed E-state index contributed by atoms with van der Waals surface area (Å²) in [5.41, 5.74) is 1.06. The van der Waals surface area contributed by atoms with Gasteiger partial charge in [0.05, 0.1) is 0 Å². The van der Waals surface area contributed by atoms with E-state index in [0.717, 1.165) is 20.2 Å². The molecule has 2 rings (SSSR count). The van der Waals surface area contributed by atoms with E-state index in [-0.39, 0.29) is 0 Å². The third kappa shape index (κ3) is 2.33. The van der Waals surface area contributed by atoms with Crippen LogP contribution in [-0.4, -0.2) is 10.5 Å². The molecule has 1 aromatic carbocycles. The summed E-state index contributed by atoms with van der Waals surface area (Å²) in [7, 11) is -0.938. The van der Waals surface area contributed by atoms with Gasteiger partial charge < -0.3 is 0 Å². The number of benzene rings is 1. The molecular weight excluding hydrogens is 244 g/mol. The first kappa shape index (κ1) is 10.9. The van der Waals surface area contributed by atoms with Crippen molar-refractivity contribution >= 4 is 34.8 Å². The van der Waals surface area contributed by atoms with Crippen molar-refractivity contribution in [3.63, 3.8) is 0 Å². The molecule has 0 aliphatic rings. The monoisotopic (exact) mass is 254 g/mol. The van der Waals surface area contributed by atoms with Crippen molar-refractivity contribution < 1.29 is 4.21 Å². The van der Waals surface area contributed by atoms with Crippen molar-refractivity contribution in [2.24, 2.45) is 0 Å². The van der Waals surface area contributed by atoms with Gasteiger partial charge in [0.1, 0.15) is 0 Å². The smallest absolute Gasteiger partial charge is 0.0498 e. The standard InChI is InChI=1S/C11H10OS3/c1-15(12)8-4-5-10(13)9(7-8)11-3-2-6-14-11/h2-7,13H,1H3. The van der Waals surface area contributed by atoms with Gasteiger partial charge in [0.25, 0.3) is 0 Å². The molecule has 0 fully saturated rings. The highest BCUT2D eigenvalue weighted by atomic mass is 32.2. The minimum atomic E-state index is -0.938. The predicted molar refractivity (Wildman–Crippen MR) is 69.3 cm³/mol. The fraction of sp³-hybridized carbons (Fsp3) is 0.0909. The molecule has 0 aliphatic carbocycles. The van der Waals surface area contributed by atoms with Gasteiger partial charge in [-0.1, -0.05) is 6.07 Å². The molecule has 0 spiro atoms. The van der Waals surface area contributed by atoms with Gasteiger partial charge >= 0.3 is 0 Å². The molecule has 1 heterocycles. The SMILES string of the molecule is CS(=O)c1ccc(S)c(-c2cccs2)c1. The minimum absolute atomic E-state index is 0.844. The lowest BCUT2D eigenvalue weighted by Gasteiger charge is -2.04. The van der Waals surface area contributed by atoms with Crippen LogP contribution in [0.1, 0.15) is 0 Å². The second-order valence-corrected chi connectivity index (χ2v) is 5.92. The maximum atomic E-state index is 11.4. The summed E-state index contributed by atoms with van der Waals surface area (Å²) < 4.78 is 11.4. The molecule has 1 atom stereocenters. The normalized spacial score (nSPS) is 12.7. The van der Waals surface area contributed by atoms with Gasteiger partial charge in [0, 0.05) is 37.3 Å². The Morgan fingerprint density at radius 1 is 1.33 bits per heavy atom. The molecule has 78 valence electrons. The average molecular weight is 254 g/mol. The largest absolute Gasteiger partial charge is 0.255 e. The number of hydrogen-bond acceptors (Lipinski definition) is 3. The van der Waals surface area contributed by atoms with Crippen molar-refractivity contribution in [3.8, 4) is 10.4 Å². The van der Waals surface area contributed by atoms with E-state index < -0.39 is 10.8 Å². The molecule has 0 saturated carbocycles. The Morgan fingerprint density at radius 2 is 2.13 bits per heavy atom. The highest BCUT2D eigenvalue weighted by Gasteiger charge is 2.06. The molecule has 0 N–H and O–H groups in total. The van der Waals surface area contributed by atoms with E-state index in [1.54, 1.807) is 17.6 Å². The zero-order chi connectivity index (χ0) is 10.8. The summed E-state index contributed by atoms with van der Waals surface area (Å²) >= 11 is 6.07. The Balaban J connectivity index is 2.55. The molecule has 0 aliphatic heterocycles. The summed E-state index contributed by atoms with van der Waals surface area (Å²) in [6.07, 6.45) is 1.69. The van der Waals surface area contributed by atoms with Crippen LogP contribution in [0.2, 0.25) is 0 Å². The quantitative estimate of drug-likeness (QED) is 0.812. The van der Waals surface area contributed by atoms with Crippen LogP contribution in [0.15, 0.2) is 45.5 Å². The van der Waals surface area contributed by atoms with Gasteiger partial charge in [-0.25, -0.2) is 0 Å². The van der Waals surface area contributed by atoms with E-state index >= 15 is 0 Å². The number of thiol groups is 1. The Hall–Kier alpha value is -0.580. The van der Waals surface area contributed by atoms with Crippen LogP contribution < -0.4 is 0 Å². The van der Waals surface area contributed by atoms with Crippen molar-refractivity contribution in [2.45, 2.75) is 9.79 Å². The second kappa shape index (κ2) is 4.51. The van der Waals surface area contributed by atoms with Crippen LogP contribution in [0.25, 0.3) is 10.4 Å². The predicted octanol–water partition coefficient (Wildman–Crippen LogP) is 3.44. The van der Waals surface area contributed by atoms with E-state index in [1.807, 2.05) is 35.7 Å². The third-order valence-corrected chi connectivity index (χ3v) is 4.30. The Bertz CT molecular complexity index is 489. The molecule has 4 heteroatoms. The summed E-state index contributed by atoms with van der Waals surface area (Å²) in [6, 6.07) is 9.75.